The molecule has 0 aliphatic heterocycles. The lowest BCUT2D eigenvalue weighted by Gasteiger charge is -2.07. The molecule has 3 heteroatoms. The fourth-order valence-corrected chi connectivity index (χ4v) is 3.89. The van der Waals surface area contributed by atoms with Crippen LogP contribution < -0.4 is 9.47 Å². The number of nitrogens with one attached hydrogen (secondary N) is 1. The van der Waals surface area contributed by atoms with Gasteiger partial charge in [0.2, 0.25) is 0 Å². The van der Waals surface area contributed by atoms with Crippen molar-refractivity contribution in [2.75, 3.05) is 0 Å². The van der Waals surface area contributed by atoms with Gasteiger partial charge in [0, 0.05) is 22.7 Å². The first kappa shape index (κ1) is 20.0. The molecule has 0 amide bonds. The Kier molecular flexibility index (Phi) is 5.63. The summed E-state index contributed by atoms with van der Waals surface area (Å²) in [7, 11) is 0. The lowest BCUT2D eigenvalue weighted by atomic mass is 10.1. The van der Waals surface area contributed by atoms with Crippen molar-refractivity contribution < 1.29 is 9.47 Å². The minimum Gasteiger partial charge on any atom is -0.489 e. The molecule has 5 aromatic rings. The SMILES string of the molecule is Cc1c(-c2ccc(OCc3ccccc3)cc2)[nH]c2cc(OCc3ccccc3)ccc12. The topological polar surface area (TPSA) is 34.2 Å². The number of ether oxygens (including phenoxy) is 2. The highest BCUT2D eigenvalue weighted by Gasteiger charge is 2.11. The summed E-state index contributed by atoms with van der Waals surface area (Å²) in [5, 5.41) is 1.21. The summed E-state index contributed by atoms with van der Waals surface area (Å²) < 4.78 is 11.9. The third kappa shape index (κ3) is 4.37. The second-order valence-corrected chi connectivity index (χ2v) is 7.91. The fraction of sp³-hybridized carbons (Fsp3) is 0.103. The number of H-pyrrole nitrogens is 1. The van der Waals surface area contributed by atoms with Gasteiger partial charge in [-0.25, -0.2) is 0 Å². The van der Waals surface area contributed by atoms with E-state index in [2.05, 4.69) is 60.4 Å². The molecule has 0 aliphatic rings. The first-order valence-corrected chi connectivity index (χ1v) is 10.8. The number of hydrogen-bond donors (Lipinski definition) is 1. The molecule has 5 rings (SSSR count). The fourth-order valence-electron chi connectivity index (χ4n) is 3.89. The molecular formula is C29H25NO2. The van der Waals surface area contributed by atoms with Gasteiger partial charge < -0.3 is 14.5 Å². The summed E-state index contributed by atoms with van der Waals surface area (Å²) in [5.41, 5.74) is 6.88. The molecule has 0 spiro atoms. The van der Waals surface area contributed by atoms with E-state index in [1.54, 1.807) is 0 Å². The Balaban J connectivity index is 1.31. The summed E-state index contributed by atoms with van der Waals surface area (Å²) in [4.78, 5) is 3.58. The monoisotopic (exact) mass is 419 g/mol. The predicted octanol–water partition coefficient (Wildman–Crippen LogP) is 7.30. The zero-order chi connectivity index (χ0) is 21.8. The maximum absolute atomic E-state index is 6.00. The Morgan fingerprint density at radius 2 is 1.19 bits per heavy atom. The zero-order valence-electron chi connectivity index (χ0n) is 18.0. The normalized spacial score (nSPS) is 10.9. The number of hydrogen-bond acceptors (Lipinski definition) is 2. The highest BCUT2D eigenvalue weighted by Crippen LogP contribution is 2.32. The van der Waals surface area contributed by atoms with Crippen LogP contribution in [0, 0.1) is 6.92 Å². The molecule has 1 heterocycles. The van der Waals surface area contributed by atoms with Gasteiger partial charge in [0.1, 0.15) is 24.7 Å². The molecule has 158 valence electrons. The second kappa shape index (κ2) is 9.03. The van der Waals surface area contributed by atoms with Crippen molar-refractivity contribution >= 4 is 10.9 Å². The van der Waals surface area contributed by atoms with Crippen LogP contribution in [0.1, 0.15) is 16.7 Å². The Morgan fingerprint density at radius 1 is 0.625 bits per heavy atom. The number of rotatable bonds is 7. The van der Waals surface area contributed by atoms with E-state index in [0.717, 1.165) is 39.4 Å². The quantitative estimate of drug-likeness (QED) is 0.300. The average Bonchev–Trinajstić information content (AvgIpc) is 3.19. The molecule has 0 bridgehead atoms. The van der Waals surface area contributed by atoms with Crippen LogP contribution in [0.25, 0.3) is 22.2 Å². The van der Waals surface area contributed by atoms with Gasteiger partial charge >= 0.3 is 0 Å². The Hall–Kier alpha value is -3.98. The summed E-state index contributed by atoms with van der Waals surface area (Å²) >= 11 is 0. The smallest absolute Gasteiger partial charge is 0.121 e. The van der Waals surface area contributed by atoms with Gasteiger partial charge in [-0.05, 0) is 65.6 Å². The third-order valence-corrected chi connectivity index (χ3v) is 5.67. The summed E-state index contributed by atoms with van der Waals surface area (Å²) in [6.07, 6.45) is 0. The maximum Gasteiger partial charge on any atom is 0.121 e. The lowest BCUT2D eigenvalue weighted by Crippen LogP contribution is -1.94. The van der Waals surface area contributed by atoms with Crippen LogP contribution in [-0.4, -0.2) is 4.98 Å². The molecule has 0 saturated carbocycles. The van der Waals surface area contributed by atoms with Gasteiger partial charge in [0.05, 0.1) is 0 Å². The largest absolute Gasteiger partial charge is 0.489 e. The van der Waals surface area contributed by atoms with E-state index < -0.39 is 0 Å². The van der Waals surface area contributed by atoms with E-state index in [4.69, 9.17) is 9.47 Å². The van der Waals surface area contributed by atoms with E-state index in [0.29, 0.717) is 13.2 Å². The summed E-state index contributed by atoms with van der Waals surface area (Å²) in [5.74, 6) is 1.72. The van der Waals surface area contributed by atoms with Crippen LogP contribution in [-0.2, 0) is 13.2 Å². The van der Waals surface area contributed by atoms with Crippen LogP contribution in [0.4, 0.5) is 0 Å². The molecular weight excluding hydrogens is 394 g/mol. The van der Waals surface area contributed by atoms with E-state index in [1.165, 1.54) is 10.9 Å². The van der Waals surface area contributed by atoms with Crippen LogP contribution in [0.15, 0.2) is 103 Å². The van der Waals surface area contributed by atoms with Crippen molar-refractivity contribution in [3.8, 4) is 22.8 Å². The van der Waals surface area contributed by atoms with Crippen LogP contribution in [0.2, 0.25) is 0 Å². The number of aryl methyl sites for hydroxylation is 1. The molecule has 3 nitrogen and oxygen atoms in total. The lowest BCUT2D eigenvalue weighted by molar-refractivity contribution is 0.306. The average molecular weight is 420 g/mol. The number of aromatic nitrogens is 1. The second-order valence-electron chi connectivity index (χ2n) is 7.91. The van der Waals surface area contributed by atoms with Crippen molar-refractivity contribution in [3.05, 3.63) is 120 Å². The standard InChI is InChI=1S/C29H25NO2/c1-21-27-17-16-26(32-20-23-10-6-3-7-11-23)18-28(27)30-29(21)24-12-14-25(15-13-24)31-19-22-8-4-2-5-9-22/h2-18,30H,19-20H2,1H3. The van der Waals surface area contributed by atoms with Crippen LogP contribution >= 0.6 is 0 Å². The molecule has 1 aromatic heterocycles. The van der Waals surface area contributed by atoms with Gasteiger partial charge in [-0.2, -0.15) is 0 Å². The van der Waals surface area contributed by atoms with E-state index in [1.807, 2.05) is 54.6 Å². The zero-order valence-corrected chi connectivity index (χ0v) is 18.0. The molecule has 0 unspecified atom stereocenters. The van der Waals surface area contributed by atoms with Crippen molar-refractivity contribution in [1.29, 1.82) is 0 Å². The van der Waals surface area contributed by atoms with E-state index in [-0.39, 0.29) is 0 Å². The minimum absolute atomic E-state index is 0.559. The third-order valence-electron chi connectivity index (χ3n) is 5.67. The van der Waals surface area contributed by atoms with Crippen LogP contribution in [0.5, 0.6) is 11.5 Å². The highest BCUT2D eigenvalue weighted by molar-refractivity contribution is 5.91. The Labute approximate surface area is 188 Å². The molecule has 0 fully saturated rings. The molecule has 4 aromatic carbocycles. The van der Waals surface area contributed by atoms with Crippen LogP contribution in [0.3, 0.4) is 0 Å². The van der Waals surface area contributed by atoms with Gasteiger partial charge in [0.25, 0.3) is 0 Å². The first-order chi connectivity index (χ1) is 15.8. The minimum atomic E-state index is 0.559. The molecule has 0 atom stereocenters. The van der Waals surface area contributed by atoms with Gasteiger partial charge in [-0.1, -0.05) is 60.7 Å². The van der Waals surface area contributed by atoms with E-state index in [9.17, 15) is 0 Å². The van der Waals surface area contributed by atoms with Gasteiger partial charge in [0.15, 0.2) is 0 Å². The molecule has 32 heavy (non-hydrogen) atoms. The number of benzene rings is 4. The maximum atomic E-state index is 6.00. The summed E-state index contributed by atoms with van der Waals surface area (Å²) in [6.45, 7) is 3.28. The predicted molar refractivity (Wildman–Crippen MR) is 130 cm³/mol. The first-order valence-electron chi connectivity index (χ1n) is 10.8. The van der Waals surface area contributed by atoms with Gasteiger partial charge in [-0.3, -0.25) is 0 Å². The number of fused-ring (bicyclic) bond motifs is 1. The highest BCUT2D eigenvalue weighted by atomic mass is 16.5. The molecule has 0 saturated heterocycles. The molecule has 1 N–H and O–H groups in total. The number of aromatic amines is 1. The van der Waals surface area contributed by atoms with Crippen molar-refractivity contribution in [2.24, 2.45) is 0 Å². The Morgan fingerprint density at radius 3 is 1.81 bits per heavy atom. The Bertz CT molecular complexity index is 1310. The van der Waals surface area contributed by atoms with Gasteiger partial charge in [-0.15, -0.1) is 0 Å². The molecule has 0 radical (unpaired) electrons. The van der Waals surface area contributed by atoms with Crippen molar-refractivity contribution in [1.82, 2.24) is 4.98 Å². The van der Waals surface area contributed by atoms with E-state index >= 15 is 0 Å². The van der Waals surface area contributed by atoms with Crippen molar-refractivity contribution in [3.63, 3.8) is 0 Å². The van der Waals surface area contributed by atoms with Crippen molar-refractivity contribution in [2.45, 2.75) is 20.1 Å². The summed E-state index contributed by atoms with van der Waals surface area (Å²) in [6, 6.07) is 34.9. The molecule has 0 aliphatic carbocycles.